The van der Waals surface area contributed by atoms with Crippen molar-refractivity contribution in [3.63, 3.8) is 0 Å². The molecule has 0 amide bonds. The first-order valence-electron chi connectivity index (χ1n) is 5.29. The Kier molecular flexibility index (Phi) is 8.01. The molecule has 0 aliphatic rings. The third kappa shape index (κ3) is 5.97. The van der Waals surface area contributed by atoms with E-state index in [-0.39, 0.29) is 17.0 Å². The van der Waals surface area contributed by atoms with Gasteiger partial charge in [-0.15, -0.1) is 11.8 Å². The molecule has 0 aromatic rings. The van der Waals surface area contributed by atoms with Crippen molar-refractivity contribution in [3.05, 3.63) is 0 Å². The average Bonchev–Trinajstić information content (AvgIpc) is 2.23. The van der Waals surface area contributed by atoms with Gasteiger partial charge in [0.1, 0.15) is 11.3 Å². The molecule has 6 heteroatoms. The van der Waals surface area contributed by atoms with Crippen LogP contribution in [0.1, 0.15) is 26.7 Å². The molecule has 1 unspecified atom stereocenters. The van der Waals surface area contributed by atoms with Crippen molar-refractivity contribution in [3.8, 4) is 0 Å². The second-order valence-corrected chi connectivity index (χ2v) is 4.54. The Morgan fingerprint density at radius 2 is 2.06 bits per heavy atom. The summed E-state index contributed by atoms with van der Waals surface area (Å²) in [7, 11) is 0. The molecular formula is C10H19NO4S. The first-order valence-corrected chi connectivity index (χ1v) is 6.34. The van der Waals surface area contributed by atoms with E-state index in [4.69, 9.17) is 15.6 Å². The van der Waals surface area contributed by atoms with Crippen molar-refractivity contribution >= 4 is 23.7 Å². The predicted molar refractivity (Wildman–Crippen MR) is 63.4 cm³/mol. The highest BCUT2D eigenvalue weighted by Crippen LogP contribution is 2.18. The molecule has 2 atom stereocenters. The summed E-state index contributed by atoms with van der Waals surface area (Å²) in [6, 6.07) is -0.932. The van der Waals surface area contributed by atoms with Gasteiger partial charge in [-0.05, 0) is 13.3 Å². The summed E-state index contributed by atoms with van der Waals surface area (Å²) in [6.45, 7) is 4.04. The SMILES string of the molecule is CCCC(SC[C@@H](N)C(=O)O)C(=O)OCC. The number of nitrogens with two attached hydrogens (primary N) is 1. The topological polar surface area (TPSA) is 89.6 Å². The number of aliphatic carboxylic acids is 1. The molecule has 94 valence electrons. The molecule has 0 aromatic heterocycles. The maximum Gasteiger partial charge on any atom is 0.321 e. The van der Waals surface area contributed by atoms with Crippen molar-refractivity contribution in [2.45, 2.75) is 38.0 Å². The number of thioether (sulfide) groups is 1. The molecule has 0 heterocycles. The van der Waals surface area contributed by atoms with E-state index in [1.807, 2.05) is 6.92 Å². The van der Waals surface area contributed by atoms with Crippen LogP contribution in [0.3, 0.4) is 0 Å². The highest BCUT2D eigenvalue weighted by Gasteiger charge is 2.22. The largest absolute Gasteiger partial charge is 0.480 e. The molecular weight excluding hydrogens is 230 g/mol. The van der Waals surface area contributed by atoms with Gasteiger partial charge in [0.05, 0.1) is 6.61 Å². The summed E-state index contributed by atoms with van der Waals surface area (Å²) in [4.78, 5) is 22.0. The van der Waals surface area contributed by atoms with Crippen LogP contribution in [0.2, 0.25) is 0 Å². The number of carbonyl (C=O) groups is 2. The lowest BCUT2D eigenvalue weighted by Gasteiger charge is -2.15. The van der Waals surface area contributed by atoms with Crippen LogP contribution in [0, 0.1) is 0 Å². The molecule has 0 aliphatic heterocycles. The summed E-state index contributed by atoms with van der Waals surface area (Å²) < 4.78 is 4.90. The summed E-state index contributed by atoms with van der Waals surface area (Å²) in [6.07, 6.45) is 1.52. The van der Waals surface area contributed by atoms with E-state index in [1.54, 1.807) is 6.92 Å². The number of hydrogen-bond acceptors (Lipinski definition) is 5. The van der Waals surface area contributed by atoms with Crippen molar-refractivity contribution in [2.24, 2.45) is 5.73 Å². The van der Waals surface area contributed by atoms with Crippen LogP contribution in [0.25, 0.3) is 0 Å². The number of esters is 1. The molecule has 0 aliphatic carbocycles. The molecule has 0 fully saturated rings. The van der Waals surface area contributed by atoms with Gasteiger partial charge in [0, 0.05) is 5.75 Å². The van der Waals surface area contributed by atoms with Gasteiger partial charge in [0.2, 0.25) is 0 Å². The van der Waals surface area contributed by atoms with Gasteiger partial charge >= 0.3 is 11.9 Å². The van der Waals surface area contributed by atoms with Gasteiger partial charge in [-0.3, -0.25) is 9.59 Å². The van der Waals surface area contributed by atoms with E-state index < -0.39 is 12.0 Å². The molecule has 0 saturated heterocycles. The second kappa shape index (κ2) is 8.41. The van der Waals surface area contributed by atoms with E-state index in [1.165, 1.54) is 11.8 Å². The van der Waals surface area contributed by atoms with E-state index in [0.717, 1.165) is 6.42 Å². The number of rotatable bonds is 8. The average molecular weight is 249 g/mol. The van der Waals surface area contributed by atoms with E-state index in [0.29, 0.717) is 13.0 Å². The maximum absolute atomic E-state index is 11.5. The van der Waals surface area contributed by atoms with E-state index >= 15 is 0 Å². The van der Waals surface area contributed by atoms with Crippen LogP contribution in [-0.4, -0.2) is 40.7 Å². The van der Waals surface area contributed by atoms with Crippen molar-refractivity contribution in [1.29, 1.82) is 0 Å². The zero-order valence-electron chi connectivity index (χ0n) is 9.64. The highest BCUT2D eigenvalue weighted by molar-refractivity contribution is 8.00. The Hall–Kier alpha value is -0.750. The van der Waals surface area contributed by atoms with Gasteiger partial charge in [-0.2, -0.15) is 0 Å². The van der Waals surface area contributed by atoms with Gasteiger partial charge in [0.25, 0.3) is 0 Å². The molecule has 0 rings (SSSR count). The number of ether oxygens (including phenoxy) is 1. The molecule has 0 radical (unpaired) electrons. The minimum Gasteiger partial charge on any atom is -0.480 e. The monoisotopic (exact) mass is 249 g/mol. The lowest BCUT2D eigenvalue weighted by atomic mass is 10.2. The molecule has 5 nitrogen and oxygen atoms in total. The molecule has 3 N–H and O–H groups in total. The number of carboxylic acid groups (broad SMARTS) is 1. The summed E-state index contributed by atoms with van der Waals surface area (Å²) in [5.41, 5.74) is 5.36. The van der Waals surface area contributed by atoms with Crippen molar-refractivity contribution in [2.75, 3.05) is 12.4 Å². The van der Waals surface area contributed by atoms with Crippen LogP contribution >= 0.6 is 11.8 Å². The summed E-state index contributed by atoms with van der Waals surface area (Å²) in [5.74, 6) is -1.11. The van der Waals surface area contributed by atoms with Crippen LogP contribution in [0.15, 0.2) is 0 Å². The van der Waals surface area contributed by atoms with Gasteiger partial charge in [-0.25, -0.2) is 0 Å². The number of carboxylic acids is 1. The summed E-state index contributed by atoms with van der Waals surface area (Å²) >= 11 is 1.25. The Morgan fingerprint density at radius 1 is 1.44 bits per heavy atom. The van der Waals surface area contributed by atoms with Crippen LogP contribution in [0.4, 0.5) is 0 Å². The quantitative estimate of drug-likeness (QED) is 0.620. The third-order valence-corrected chi connectivity index (χ3v) is 3.28. The number of hydrogen-bond donors (Lipinski definition) is 2. The Morgan fingerprint density at radius 3 is 2.50 bits per heavy atom. The second-order valence-electron chi connectivity index (χ2n) is 3.31. The standard InChI is InChI=1S/C10H19NO4S/c1-3-5-8(10(14)15-4-2)16-6-7(11)9(12)13/h7-8H,3-6,11H2,1-2H3,(H,12,13)/t7-,8?/m1/s1. The third-order valence-electron chi connectivity index (χ3n) is 1.89. The number of carbonyl (C=O) groups excluding carboxylic acids is 1. The minimum absolute atomic E-state index is 0.221. The molecule has 0 bridgehead atoms. The first kappa shape index (κ1) is 15.2. The highest BCUT2D eigenvalue weighted by atomic mass is 32.2. The molecule has 0 spiro atoms. The van der Waals surface area contributed by atoms with Crippen LogP contribution in [0.5, 0.6) is 0 Å². The maximum atomic E-state index is 11.5. The zero-order chi connectivity index (χ0) is 12.6. The minimum atomic E-state index is -1.05. The van der Waals surface area contributed by atoms with E-state index in [9.17, 15) is 9.59 Å². The van der Waals surface area contributed by atoms with Gasteiger partial charge in [0.15, 0.2) is 0 Å². The normalized spacial score (nSPS) is 14.2. The van der Waals surface area contributed by atoms with Gasteiger partial charge in [-0.1, -0.05) is 13.3 Å². The summed E-state index contributed by atoms with van der Waals surface area (Å²) in [5, 5.41) is 8.30. The molecule has 0 saturated carbocycles. The Labute approximate surface area is 99.7 Å². The van der Waals surface area contributed by atoms with Crippen LogP contribution in [-0.2, 0) is 14.3 Å². The fraction of sp³-hybridized carbons (Fsp3) is 0.800. The molecule has 16 heavy (non-hydrogen) atoms. The lowest BCUT2D eigenvalue weighted by Crippen LogP contribution is -2.34. The first-order chi connectivity index (χ1) is 7.52. The molecule has 0 aromatic carbocycles. The smallest absolute Gasteiger partial charge is 0.321 e. The Bertz CT molecular complexity index is 235. The predicted octanol–water partition coefficient (Wildman–Crippen LogP) is 0.863. The van der Waals surface area contributed by atoms with Crippen molar-refractivity contribution < 1.29 is 19.4 Å². The zero-order valence-corrected chi connectivity index (χ0v) is 10.5. The van der Waals surface area contributed by atoms with E-state index in [2.05, 4.69) is 0 Å². The fourth-order valence-electron chi connectivity index (χ4n) is 1.06. The fourth-order valence-corrected chi connectivity index (χ4v) is 2.25. The lowest BCUT2D eigenvalue weighted by molar-refractivity contribution is -0.142. The van der Waals surface area contributed by atoms with Gasteiger partial charge < -0.3 is 15.6 Å². The Balaban J connectivity index is 4.12. The van der Waals surface area contributed by atoms with Crippen LogP contribution < -0.4 is 5.73 Å². The van der Waals surface area contributed by atoms with Crippen molar-refractivity contribution in [1.82, 2.24) is 0 Å².